The Morgan fingerprint density at radius 3 is 2.26 bits per heavy atom. The number of hydrogen-bond donors (Lipinski definition) is 1. The molecule has 2 amide bonds. The van der Waals surface area contributed by atoms with Crippen LogP contribution in [0.1, 0.15) is 38.3 Å². The van der Waals surface area contributed by atoms with Gasteiger partial charge in [-0.05, 0) is 44.9 Å². The van der Waals surface area contributed by atoms with Gasteiger partial charge in [0.1, 0.15) is 12.6 Å². The third-order valence-electron chi connectivity index (χ3n) is 5.12. The van der Waals surface area contributed by atoms with E-state index in [1.165, 1.54) is 4.90 Å². The van der Waals surface area contributed by atoms with Crippen LogP contribution in [-0.2, 0) is 26.2 Å². The lowest BCUT2D eigenvalue weighted by atomic mass is 10.1. The number of sulfonamides is 1. The van der Waals surface area contributed by atoms with Crippen molar-refractivity contribution >= 4 is 27.5 Å². The molecule has 2 aromatic rings. The van der Waals surface area contributed by atoms with Gasteiger partial charge in [0.2, 0.25) is 21.8 Å². The van der Waals surface area contributed by atoms with E-state index >= 15 is 0 Å². The summed E-state index contributed by atoms with van der Waals surface area (Å²) in [6, 6.07) is 8.98. The molecule has 0 saturated carbocycles. The van der Waals surface area contributed by atoms with Gasteiger partial charge in [0.05, 0.1) is 11.9 Å². The molecule has 1 atom stereocenters. The second kappa shape index (κ2) is 11.4. The minimum absolute atomic E-state index is 0.0694. The quantitative estimate of drug-likeness (QED) is 0.548. The molecule has 7 nitrogen and oxygen atoms in total. The summed E-state index contributed by atoms with van der Waals surface area (Å²) < 4.78 is 52.9. The Labute approximate surface area is 199 Å². The third kappa shape index (κ3) is 7.24. The average molecular weight is 496 g/mol. The average Bonchev–Trinajstić information content (AvgIpc) is 2.72. The van der Waals surface area contributed by atoms with Gasteiger partial charge in [-0.2, -0.15) is 0 Å². The highest BCUT2D eigenvalue weighted by atomic mass is 32.2. The highest BCUT2D eigenvalue weighted by molar-refractivity contribution is 7.92. The van der Waals surface area contributed by atoms with Crippen molar-refractivity contribution < 1.29 is 26.8 Å². The summed E-state index contributed by atoms with van der Waals surface area (Å²) in [5.41, 5.74) is 1.54. The van der Waals surface area contributed by atoms with Gasteiger partial charge < -0.3 is 10.2 Å². The molecule has 0 unspecified atom stereocenters. The van der Waals surface area contributed by atoms with Gasteiger partial charge in [-0.3, -0.25) is 13.9 Å². The highest BCUT2D eigenvalue weighted by Crippen LogP contribution is 2.22. The standard InChI is InChI=1S/C24H31F2N3O4S/c1-6-22(24(31)27-16(2)3)28(14-18-9-7-8-17(4)12-18)23(30)15-29(34(5,32)33)19-10-11-20(25)21(26)13-19/h7-13,16,22H,6,14-15H2,1-5H3,(H,27,31)/t22-/m0/s1. The minimum atomic E-state index is -4.03. The number of benzene rings is 2. The number of carbonyl (C=O) groups is 2. The van der Waals surface area contributed by atoms with Crippen LogP contribution in [0.3, 0.4) is 0 Å². The van der Waals surface area contributed by atoms with Crippen LogP contribution in [0.15, 0.2) is 42.5 Å². The molecule has 0 fully saturated rings. The van der Waals surface area contributed by atoms with Gasteiger partial charge >= 0.3 is 0 Å². The fourth-order valence-electron chi connectivity index (χ4n) is 3.56. The fourth-order valence-corrected chi connectivity index (χ4v) is 4.40. The normalized spacial score (nSPS) is 12.4. The molecule has 0 aliphatic carbocycles. The van der Waals surface area contributed by atoms with E-state index in [0.717, 1.165) is 35.6 Å². The van der Waals surface area contributed by atoms with Gasteiger partial charge in [0.15, 0.2) is 11.6 Å². The zero-order chi connectivity index (χ0) is 25.6. The van der Waals surface area contributed by atoms with Crippen molar-refractivity contribution in [3.63, 3.8) is 0 Å². The second-order valence-corrected chi connectivity index (χ2v) is 10.4. The Morgan fingerprint density at radius 1 is 1.06 bits per heavy atom. The van der Waals surface area contributed by atoms with Gasteiger partial charge in [-0.15, -0.1) is 0 Å². The topological polar surface area (TPSA) is 86.8 Å². The maximum Gasteiger partial charge on any atom is 0.244 e. The van der Waals surface area contributed by atoms with Gasteiger partial charge in [-0.25, -0.2) is 17.2 Å². The molecule has 0 aliphatic heterocycles. The summed E-state index contributed by atoms with van der Waals surface area (Å²) in [5.74, 6) is -3.39. The number of halogens is 2. The Kier molecular flexibility index (Phi) is 9.14. The molecule has 10 heteroatoms. The molecule has 0 bridgehead atoms. The van der Waals surface area contributed by atoms with Crippen molar-refractivity contribution in [2.24, 2.45) is 0 Å². The van der Waals surface area contributed by atoms with Crippen LogP contribution < -0.4 is 9.62 Å². The number of nitrogens with one attached hydrogen (secondary N) is 1. The maximum absolute atomic E-state index is 13.8. The first-order chi connectivity index (χ1) is 15.8. The lowest BCUT2D eigenvalue weighted by Gasteiger charge is -2.33. The van der Waals surface area contributed by atoms with E-state index in [0.29, 0.717) is 10.7 Å². The molecule has 0 radical (unpaired) electrons. The molecule has 2 aromatic carbocycles. The van der Waals surface area contributed by atoms with E-state index in [4.69, 9.17) is 0 Å². The predicted molar refractivity (Wildman–Crippen MR) is 128 cm³/mol. The molecule has 0 heterocycles. The van der Waals surface area contributed by atoms with Crippen LogP contribution in [0.25, 0.3) is 0 Å². The highest BCUT2D eigenvalue weighted by Gasteiger charge is 2.32. The lowest BCUT2D eigenvalue weighted by Crippen LogP contribution is -2.53. The van der Waals surface area contributed by atoms with Gasteiger partial charge in [0, 0.05) is 18.7 Å². The summed E-state index contributed by atoms with van der Waals surface area (Å²) in [6.45, 7) is 6.64. The van der Waals surface area contributed by atoms with E-state index in [-0.39, 0.29) is 24.2 Å². The van der Waals surface area contributed by atoms with Crippen molar-refractivity contribution in [3.8, 4) is 0 Å². The Bertz CT molecular complexity index is 1140. The minimum Gasteiger partial charge on any atom is -0.352 e. The third-order valence-corrected chi connectivity index (χ3v) is 6.26. The van der Waals surface area contributed by atoms with Crippen molar-refractivity contribution in [2.45, 2.75) is 52.7 Å². The smallest absolute Gasteiger partial charge is 0.244 e. The molecule has 0 saturated heterocycles. The van der Waals surface area contributed by atoms with Crippen molar-refractivity contribution in [1.29, 1.82) is 0 Å². The summed E-state index contributed by atoms with van der Waals surface area (Å²) in [6.07, 6.45) is 1.16. The van der Waals surface area contributed by atoms with Gasteiger partial charge in [0.25, 0.3) is 0 Å². The summed E-state index contributed by atoms with van der Waals surface area (Å²) in [5, 5.41) is 2.80. The van der Waals surface area contributed by atoms with Crippen molar-refractivity contribution in [1.82, 2.24) is 10.2 Å². The number of aryl methyl sites for hydroxylation is 1. The number of carbonyl (C=O) groups excluding carboxylic acids is 2. The number of nitrogens with zero attached hydrogens (tertiary/aromatic N) is 2. The number of anilines is 1. The van der Waals surface area contributed by atoms with E-state index < -0.39 is 40.2 Å². The maximum atomic E-state index is 13.8. The zero-order valence-corrected chi connectivity index (χ0v) is 20.8. The van der Waals surface area contributed by atoms with Crippen LogP contribution in [0.4, 0.5) is 14.5 Å². The monoisotopic (exact) mass is 495 g/mol. The van der Waals surface area contributed by atoms with Crippen LogP contribution >= 0.6 is 0 Å². The first kappa shape index (κ1) is 27.2. The number of amides is 2. The lowest BCUT2D eigenvalue weighted by molar-refractivity contribution is -0.140. The Hall–Kier alpha value is -3.01. The summed E-state index contributed by atoms with van der Waals surface area (Å²) in [7, 11) is -4.03. The van der Waals surface area contributed by atoms with Crippen molar-refractivity contribution in [3.05, 3.63) is 65.2 Å². The molecule has 0 spiro atoms. The van der Waals surface area contributed by atoms with Crippen LogP contribution in [0, 0.1) is 18.6 Å². The molecule has 1 N–H and O–H groups in total. The van der Waals surface area contributed by atoms with Gasteiger partial charge in [-0.1, -0.05) is 36.8 Å². The zero-order valence-electron chi connectivity index (χ0n) is 20.0. The molecule has 34 heavy (non-hydrogen) atoms. The summed E-state index contributed by atoms with van der Waals surface area (Å²) >= 11 is 0. The van der Waals surface area contributed by atoms with E-state index in [1.807, 2.05) is 31.2 Å². The predicted octanol–water partition coefficient (Wildman–Crippen LogP) is 3.37. The van der Waals surface area contributed by atoms with Crippen LogP contribution in [0.5, 0.6) is 0 Å². The van der Waals surface area contributed by atoms with Crippen molar-refractivity contribution in [2.75, 3.05) is 17.1 Å². The molecule has 186 valence electrons. The Morgan fingerprint density at radius 2 is 1.74 bits per heavy atom. The molecule has 0 aromatic heterocycles. The first-order valence-electron chi connectivity index (χ1n) is 10.9. The van der Waals surface area contributed by atoms with Crippen LogP contribution in [-0.4, -0.2) is 50.0 Å². The largest absolute Gasteiger partial charge is 0.352 e. The molecule has 0 aliphatic rings. The Balaban J connectivity index is 2.46. The number of hydrogen-bond acceptors (Lipinski definition) is 4. The second-order valence-electron chi connectivity index (χ2n) is 8.47. The van der Waals surface area contributed by atoms with E-state index in [1.54, 1.807) is 20.8 Å². The fraction of sp³-hybridized carbons (Fsp3) is 0.417. The molecular formula is C24H31F2N3O4S. The number of rotatable bonds is 10. The summed E-state index contributed by atoms with van der Waals surface area (Å²) in [4.78, 5) is 27.7. The van der Waals surface area contributed by atoms with E-state index in [9.17, 15) is 26.8 Å². The molecular weight excluding hydrogens is 464 g/mol. The van der Waals surface area contributed by atoms with Crippen LogP contribution in [0.2, 0.25) is 0 Å². The SMILES string of the molecule is CC[C@@H](C(=O)NC(C)C)N(Cc1cccc(C)c1)C(=O)CN(c1ccc(F)c(F)c1)S(C)(=O)=O. The molecule has 2 rings (SSSR count). The van der Waals surface area contributed by atoms with E-state index in [2.05, 4.69) is 5.32 Å². The first-order valence-corrected chi connectivity index (χ1v) is 12.8.